The Bertz CT molecular complexity index is 193. The highest BCUT2D eigenvalue weighted by molar-refractivity contribution is 4.95. The fraction of sp³-hybridized carbons (Fsp3) is 1.00. The molecule has 2 nitrogen and oxygen atoms in total. The van der Waals surface area contributed by atoms with E-state index in [0.717, 1.165) is 18.8 Å². The highest BCUT2D eigenvalue weighted by atomic mass is 16.3. The molecule has 0 spiro atoms. The van der Waals surface area contributed by atoms with Gasteiger partial charge in [0.05, 0.1) is 12.2 Å². The van der Waals surface area contributed by atoms with Crippen LogP contribution in [0.15, 0.2) is 0 Å². The Labute approximate surface area is 80.0 Å². The summed E-state index contributed by atoms with van der Waals surface area (Å²) in [6, 6.07) is 0. The lowest BCUT2D eigenvalue weighted by molar-refractivity contribution is -0.0770. The van der Waals surface area contributed by atoms with Crippen molar-refractivity contribution in [3.05, 3.63) is 0 Å². The van der Waals surface area contributed by atoms with E-state index in [4.69, 9.17) is 0 Å². The van der Waals surface area contributed by atoms with Gasteiger partial charge in [0.2, 0.25) is 0 Å². The first-order valence-electron chi connectivity index (χ1n) is 5.45. The lowest BCUT2D eigenvalue weighted by Gasteiger charge is -2.38. The van der Waals surface area contributed by atoms with Crippen molar-refractivity contribution in [2.24, 2.45) is 23.7 Å². The van der Waals surface area contributed by atoms with Gasteiger partial charge < -0.3 is 10.2 Å². The Kier molecular flexibility index (Phi) is 2.37. The maximum Gasteiger partial charge on any atom is 0.0830 e. The minimum atomic E-state index is -0.471. The average Bonchev–Trinajstić information content (AvgIpc) is 2.44. The molecule has 0 aromatic carbocycles. The van der Waals surface area contributed by atoms with E-state index in [1.807, 2.05) is 0 Å². The normalized spacial score (nSPS) is 56.3. The van der Waals surface area contributed by atoms with Crippen LogP contribution in [0.3, 0.4) is 0 Å². The van der Waals surface area contributed by atoms with Crippen LogP contribution in [0, 0.1) is 23.7 Å². The summed E-state index contributed by atoms with van der Waals surface area (Å²) in [6.45, 7) is 4.47. The lowest BCUT2D eigenvalue weighted by atomic mass is 9.72. The first-order chi connectivity index (χ1) is 6.09. The summed E-state index contributed by atoms with van der Waals surface area (Å²) < 4.78 is 0. The molecule has 76 valence electrons. The van der Waals surface area contributed by atoms with E-state index in [-0.39, 0.29) is 0 Å². The first kappa shape index (κ1) is 9.47. The van der Waals surface area contributed by atoms with E-state index < -0.39 is 12.2 Å². The lowest BCUT2D eigenvalue weighted by Crippen LogP contribution is -2.43. The van der Waals surface area contributed by atoms with Crippen molar-refractivity contribution >= 4 is 0 Å². The van der Waals surface area contributed by atoms with Crippen LogP contribution in [0.2, 0.25) is 0 Å². The molecule has 2 fully saturated rings. The molecular formula is C11H20O2. The Morgan fingerprint density at radius 3 is 2.23 bits per heavy atom. The molecule has 0 aliphatic heterocycles. The second kappa shape index (κ2) is 3.25. The van der Waals surface area contributed by atoms with Crippen molar-refractivity contribution in [1.82, 2.24) is 0 Å². The van der Waals surface area contributed by atoms with Crippen molar-refractivity contribution < 1.29 is 10.2 Å². The smallest absolute Gasteiger partial charge is 0.0830 e. The topological polar surface area (TPSA) is 40.5 Å². The molecule has 2 rings (SSSR count). The molecule has 0 amide bonds. The Morgan fingerprint density at radius 2 is 1.54 bits per heavy atom. The summed E-state index contributed by atoms with van der Waals surface area (Å²) in [5.74, 6) is 2.35. The quantitative estimate of drug-likeness (QED) is 0.597. The van der Waals surface area contributed by atoms with Crippen LogP contribution in [-0.4, -0.2) is 22.4 Å². The van der Waals surface area contributed by atoms with Gasteiger partial charge >= 0.3 is 0 Å². The van der Waals surface area contributed by atoms with Crippen LogP contribution < -0.4 is 0 Å². The standard InChI is InChI=1S/C11H20O2/c1-6-3-8-7(2)5-10(12)11(13)9(8)4-6/h6-13H,3-5H2,1-2H3. The summed E-state index contributed by atoms with van der Waals surface area (Å²) in [5.41, 5.74) is 0. The van der Waals surface area contributed by atoms with Crippen LogP contribution in [0.25, 0.3) is 0 Å². The van der Waals surface area contributed by atoms with Gasteiger partial charge in [0, 0.05) is 0 Å². The fourth-order valence-corrected chi connectivity index (χ4v) is 3.40. The van der Waals surface area contributed by atoms with Gasteiger partial charge in [-0.25, -0.2) is 0 Å². The summed E-state index contributed by atoms with van der Waals surface area (Å²) >= 11 is 0. The number of rotatable bonds is 0. The Hall–Kier alpha value is -0.0800. The van der Waals surface area contributed by atoms with Crippen LogP contribution >= 0.6 is 0 Å². The molecule has 2 heteroatoms. The third-order valence-corrected chi connectivity index (χ3v) is 4.08. The van der Waals surface area contributed by atoms with Gasteiger partial charge in [-0.2, -0.15) is 0 Å². The predicted molar refractivity (Wildman–Crippen MR) is 51.2 cm³/mol. The second-order valence-corrected chi connectivity index (χ2v) is 5.18. The van der Waals surface area contributed by atoms with E-state index in [1.54, 1.807) is 0 Å². The number of fused-ring (bicyclic) bond motifs is 1. The molecule has 2 N–H and O–H groups in total. The molecular weight excluding hydrogens is 164 g/mol. The van der Waals surface area contributed by atoms with Gasteiger partial charge in [0.25, 0.3) is 0 Å². The molecule has 2 aliphatic carbocycles. The van der Waals surface area contributed by atoms with E-state index in [1.165, 1.54) is 6.42 Å². The Balaban J connectivity index is 2.13. The third-order valence-electron chi connectivity index (χ3n) is 4.08. The molecule has 0 heterocycles. The average molecular weight is 184 g/mol. The predicted octanol–water partition coefficient (Wildman–Crippen LogP) is 1.41. The van der Waals surface area contributed by atoms with Gasteiger partial charge in [-0.1, -0.05) is 13.8 Å². The van der Waals surface area contributed by atoms with Crippen molar-refractivity contribution in [1.29, 1.82) is 0 Å². The summed E-state index contributed by atoms with van der Waals surface area (Å²) in [5, 5.41) is 19.5. The molecule has 13 heavy (non-hydrogen) atoms. The Morgan fingerprint density at radius 1 is 0.923 bits per heavy atom. The van der Waals surface area contributed by atoms with Gasteiger partial charge in [0.1, 0.15) is 0 Å². The molecule has 2 saturated carbocycles. The van der Waals surface area contributed by atoms with Crippen LogP contribution in [0.1, 0.15) is 33.1 Å². The van der Waals surface area contributed by atoms with Crippen molar-refractivity contribution in [2.75, 3.05) is 0 Å². The number of aliphatic hydroxyl groups is 2. The minimum Gasteiger partial charge on any atom is -0.390 e. The zero-order chi connectivity index (χ0) is 9.59. The first-order valence-corrected chi connectivity index (χ1v) is 5.45. The molecule has 0 saturated heterocycles. The second-order valence-electron chi connectivity index (χ2n) is 5.18. The van der Waals surface area contributed by atoms with E-state index in [9.17, 15) is 10.2 Å². The summed E-state index contributed by atoms with van der Waals surface area (Å²) in [4.78, 5) is 0. The van der Waals surface area contributed by atoms with E-state index in [0.29, 0.717) is 17.8 Å². The number of hydrogen-bond donors (Lipinski definition) is 2. The summed E-state index contributed by atoms with van der Waals surface area (Å²) in [7, 11) is 0. The van der Waals surface area contributed by atoms with E-state index in [2.05, 4.69) is 13.8 Å². The molecule has 0 bridgehead atoms. The molecule has 0 aromatic heterocycles. The van der Waals surface area contributed by atoms with Crippen molar-refractivity contribution in [3.63, 3.8) is 0 Å². The maximum atomic E-state index is 9.83. The zero-order valence-electron chi connectivity index (χ0n) is 8.48. The largest absolute Gasteiger partial charge is 0.390 e. The van der Waals surface area contributed by atoms with Crippen LogP contribution in [0.5, 0.6) is 0 Å². The molecule has 2 aliphatic rings. The van der Waals surface area contributed by atoms with E-state index >= 15 is 0 Å². The van der Waals surface area contributed by atoms with Gasteiger partial charge in [-0.05, 0) is 42.9 Å². The minimum absolute atomic E-state index is 0.369. The summed E-state index contributed by atoms with van der Waals surface area (Å²) in [6.07, 6.45) is 2.21. The highest BCUT2D eigenvalue weighted by Crippen LogP contribution is 2.47. The van der Waals surface area contributed by atoms with Crippen LogP contribution in [-0.2, 0) is 0 Å². The molecule has 6 atom stereocenters. The highest BCUT2D eigenvalue weighted by Gasteiger charge is 2.45. The SMILES string of the molecule is CC1CC2C(C)CC(O)C(O)C2C1. The number of aliphatic hydroxyl groups excluding tert-OH is 2. The van der Waals surface area contributed by atoms with Gasteiger partial charge in [-0.15, -0.1) is 0 Å². The molecule has 6 unspecified atom stereocenters. The van der Waals surface area contributed by atoms with Crippen molar-refractivity contribution in [2.45, 2.75) is 45.3 Å². The van der Waals surface area contributed by atoms with Gasteiger partial charge in [-0.3, -0.25) is 0 Å². The van der Waals surface area contributed by atoms with Crippen LogP contribution in [0.4, 0.5) is 0 Å². The van der Waals surface area contributed by atoms with Crippen molar-refractivity contribution in [3.8, 4) is 0 Å². The molecule has 0 radical (unpaired) electrons. The maximum absolute atomic E-state index is 9.83. The fourth-order valence-electron chi connectivity index (χ4n) is 3.40. The molecule has 0 aromatic rings. The zero-order valence-corrected chi connectivity index (χ0v) is 8.48. The number of hydrogen-bond acceptors (Lipinski definition) is 2. The monoisotopic (exact) mass is 184 g/mol. The van der Waals surface area contributed by atoms with Gasteiger partial charge in [0.15, 0.2) is 0 Å². The third kappa shape index (κ3) is 1.50.